The number of methoxy groups -OCH3 is 1. The van der Waals surface area contributed by atoms with E-state index in [1.165, 1.54) is 0 Å². The summed E-state index contributed by atoms with van der Waals surface area (Å²) < 4.78 is 14.5. The van der Waals surface area contributed by atoms with Crippen LogP contribution in [0.3, 0.4) is 0 Å². The molecule has 3 heterocycles. The van der Waals surface area contributed by atoms with E-state index in [0.717, 1.165) is 57.9 Å². The molecule has 0 spiro atoms. The molecule has 1 aliphatic heterocycles. The van der Waals surface area contributed by atoms with Gasteiger partial charge in [-0.15, -0.1) is 21.5 Å². The first-order valence-electron chi connectivity index (χ1n) is 8.99. The number of nitrogens with one attached hydrogen (secondary N) is 2. The predicted octanol–water partition coefficient (Wildman–Crippen LogP) is 3.84. The number of piperidine rings is 1. The van der Waals surface area contributed by atoms with Crippen LogP contribution in [0.15, 0.2) is 29.6 Å². The number of thiophene rings is 1. The molecule has 4 rings (SSSR count). The van der Waals surface area contributed by atoms with E-state index >= 15 is 0 Å². The zero-order valence-corrected chi connectivity index (χ0v) is 15.3. The Morgan fingerprint density at radius 1 is 1.36 bits per heavy atom. The number of benzene rings is 1. The van der Waals surface area contributed by atoms with Crippen LogP contribution < -0.4 is 15.4 Å². The summed E-state index contributed by atoms with van der Waals surface area (Å²) in [5, 5.41) is 17.3. The first-order chi connectivity index (χ1) is 12.7. The number of rotatable bonds is 4. The summed E-state index contributed by atoms with van der Waals surface area (Å²) >= 11 is 1.66. The fourth-order valence-electron chi connectivity index (χ4n) is 3.26. The van der Waals surface area contributed by atoms with Gasteiger partial charge in [0.15, 0.2) is 5.82 Å². The molecule has 5 nitrogen and oxygen atoms in total. The van der Waals surface area contributed by atoms with Crippen LogP contribution in [0.2, 0.25) is 1.41 Å². The number of ether oxygens (including phenoxy) is 1. The minimum Gasteiger partial charge on any atom is -0.496 e. The monoisotopic (exact) mass is 355 g/mol. The highest BCUT2D eigenvalue weighted by atomic mass is 32.1. The van der Waals surface area contributed by atoms with E-state index in [4.69, 9.17) is 6.15 Å². The smallest absolute Gasteiger partial charge is 0.166 e. The summed E-state index contributed by atoms with van der Waals surface area (Å²) in [4.78, 5) is 0. The van der Waals surface area contributed by atoms with Crippen LogP contribution in [0.25, 0.3) is 21.3 Å². The van der Waals surface area contributed by atoms with Crippen LogP contribution in [0, 0.1) is 6.92 Å². The number of aryl methyl sites for hydroxylation is 1. The number of fused-ring (bicyclic) bond motifs is 1. The molecule has 3 aromatic rings. The van der Waals surface area contributed by atoms with Gasteiger partial charge in [-0.25, -0.2) is 0 Å². The van der Waals surface area contributed by atoms with Gasteiger partial charge in [0.25, 0.3) is 0 Å². The highest BCUT2D eigenvalue weighted by molar-refractivity contribution is 7.17. The molecule has 0 bridgehead atoms. The summed E-state index contributed by atoms with van der Waals surface area (Å²) in [7, 11) is 1.68. The molecule has 2 aromatic heterocycles. The first-order valence-corrected chi connectivity index (χ1v) is 9.43. The molecule has 25 heavy (non-hydrogen) atoms. The lowest BCUT2D eigenvalue weighted by Crippen LogP contribution is -2.38. The maximum absolute atomic E-state index is 7.86. The Labute approximate surface area is 152 Å². The average Bonchev–Trinajstić information content (AvgIpc) is 3.12. The van der Waals surface area contributed by atoms with Crippen molar-refractivity contribution in [3.63, 3.8) is 0 Å². The van der Waals surface area contributed by atoms with Gasteiger partial charge in [-0.3, -0.25) is 0 Å². The number of hydrogen-bond acceptors (Lipinski definition) is 6. The average molecular weight is 355 g/mol. The van der Waals surface area contributed by atoms with Gasteiger partial charge in [0, 0.05) is 23.5 Å². The molecule has 1 atom stereocenters. The molecule has 0 unspecified atom stereocenters. The van der Waals surface area contributed by atoms with E-state index in [9.17, 15) is 0 Å². The fourth-order valence-corrected chi connectivity index (χ4v) is 4.11. The Hall–Kier alpha value is -2.18. The quantitative estimate of drug-likeness (QED) is 0.745. The van der Waals surface area contributed by atoms with Gasteiger partial charge in [0.2, 0.25) is 0 Å². The second-order valence-electron chi connectivity index (χ2n) is 6.38. The predicted molar refractivity (Wildman–Crippen MR) is 104 cm³/mol. The zero-order chi connectivity index (χ0) is 18.1. The van der Waals surface area contributed by atoms with E-state index in [1.54, 1.807) is 23.8 Å². The van der Waals surface area contributed by atoms with E-state index in [-0.39, 0.29) is 6.04 Å². The minimum atomic E-state index is 0.237. The molecule has 6 heteroatoms. The third-order valence-corrected chi connectivity index (χ3v) is 5.48. The van der Waals surface area contributed by atoms with E-state index in [0.29, 0.717) is 6.54 Å². The maximum Gasteiger partial charge on any atom is 0.166 e. The fraction of sp³-hybridized carbons (Fsp3) is 0.368. The SMILES string of the molecule is [2H]N1CCC[C@@H](Nc2nnc(-c3ccc(C)cc3OC)c3ccsc23)C1. The normalized spacial score (nSPS) is 19.0. The van der Waals surface area contributed by atoms with E-state index in [2.05, 4.69) is 33.0 Å². The summed E-state index contributed by atoms with van der Waals surface area (Å²) in [6.07, 6.45) is 2.08. The van der Waals surface area contributed by atoms with Crippen LogP contribution in [0.4, 0.5) is 5.82 Å². The molecule has 2 N–H and O–H groups in total. The van der Waals surface area contributed by atoms with Crippen LogP contribution in [-0.4, -0.2) is 36.4 Å². The van der Waals surface area contributed by atoms with Crippen LogP contribution in [-0.2, 0) is 0 Å². The molecule has 0 aliphatic carbocycles. The van der Waals surface area contributed by atoms with Gasteiger partial charge in [-0.1, -0.05) is 6.07 Å². The number of anilines is 1. The minimum absolute atomic E-state index is 0.237. The molecule has 130 valence electrons. The van der Waals surface area contributed by atoms with E-state index in [1.807, 2.05) is 19.1 Å². The standard InChI is InChI=1S/C19H22N4OS/c1-12-5-6-14(16(10-12)24-2)17-15-7-9-25-18(15)19(23-22-17)21-13-4-3-8-20-11-13/h5-7,9-10,13,20H,3-4,8,11H2,1-2H3,(H,21,23)/t13-/m1/s1/i/hD. The third-order valence-electron chi connectivity index (χ3n) is 4.56. The van der Waals surface area contributed by atoms with Crippen LogP contribution >= 0.6 is 11.3 Å². The van der Waals surface area contributed by atoms with Crippen molar-refractivity contribution in [2.45, 2.75) is 25.8 Å². The molecule has 1 aliphatic rings. The lowest BCUT2D eigenvalue weighted by molar-refractivity contribution is 0.416. The molecule has 1 saturated heterocycles. The summed E-state index contributed by atoms with van der Waals surface area (Å²) in [5.41, 5.74) is 2.95. The molecule has 0 saturated carbocycles. The largest absolute Gasteiger partial charge is 0.496 e. The third kappa shape index (κ3) is 3.19. The van der Waals surface area contributed by atoms with Crippen molar-refractivity contribution in [1.29, 1.82) is 0 Å². The number of hydrogen-bond donors (Lipinski definition) is 2. The Balaban J connectivity index is 1.72. The molecule has 1 fully saturated rings. The van der Waals surface area contributed by atoms with Gasteiger partial charge >= 0.3 is 0 Å². The van der Waals surface area contributed by atoms with Gasteiger partial charge in [0.05, 0.1) is 11.8 Å². The maximum atomic E-state index is 7.86. The second-order valence-corrected chi connectivity index (χ2v) is 7.29. The van der Waals surface area contributed by atoms with Crippen molar-refractivity contribution in [3.8, 4) is 17.0 Å². The molecule has 1 aromatic carbocycles. The molecule has 0 amide bonds. The van der Waals surface area contributed by atoms with Crippen LogP contribution in [0.1, 0.15) is 18.4 Å². The van der Waals surface area contributed by atoms with Crippen molar-refractivity contribution in [2.24, 2.45) is 0 Å². The first kappa shape index (κ1) is 15.1. The Morgan fingerprint density at radius 2 is 2.28 bits per heavy atom. The molecular weight excluding hydrogens is 332 g/mol. The topological polar surface area (TPSA) is 59.1 Å². The highest BCUT2D eigenvalue weighted by Crippen LogP contribution is 2.38. The Kier molecular flexibility index (Phi) is 4.22. The van der Waals surface area contributed by atoms with E-state index < -0.39 is 0 Å². The molecule has 0 radical (unpaired) electrons. The lowest BCUT2D eigenvalue weighted by atomic mass is 10.0. The van der Waals surface area contributed by atoms with Gasteiger partial charge < -0.3 is 15.4 Å². The van der Waals surface area contributed by atoms with Crippen molar-refractivity contribution in [2.75, 3.05) is 25.5 Å². The summed E-state index contributed by atoms with van der Waals surface area (Å²) in [6, 6.07) is 8.45. The van der Waals surface area contributed by atoms with Crippen molar-refractivity contribution in [1.82, 2.24) is 15.5 Å². The van der Waals surface area contributed by atoms with Crippen molar-refractivity contribution >= 4 is 27.2 Å². The molecular formula is C19H22N4OS. The lowest BCUT2D eigenvalue weighted by Gasteiger charge is -2.24. The van der Waals surface area contributed by atoms with Crippen molar-refractivity contribution in [3.05, 3.63) is 35.2 Å². The van der Waals surface area contributed by atoms with Gasteiger partial charge in [-0.2, -0.15) is 0 Å². The van der Waals surface area contributed by atoms with Gasteiger partial charge in [0.1, 0.15) is 12.9 Å². The Morgan fingerprint density at radius 3 is 3.12 bits per heavy atom. The number of aromatic nitrogens is 2. The summed E-state index contributed by atoms with van der Waals surface area (Å²) in [5.74, 6) is 1.62. The van der Waals surface area contributed by atoms with Crippen molar-refractivity contribution < 1.29 is 6.15 Å². The number of nitrogens with zero attached hydrogens (tertiary/aromatic N) is 2. The Bertz CT molecular complexity index is 929. The van der Waals surface area contributed by atoms with Crippen LogP contribution in [0.5, 0.6) is 5.75 Å². The second kappa shape index (κ2) is 6.98. The zero-order valence-electron chi connectivity index (χ0n) is 15.5. The highest BCUT2D eigenvalue weighted by Gasteiger charge is 2.19. The summed E-state index contributed by atoms with van der Waals surface area (Å²) in [6.45, 7) is 3.59. The van der Waals surface area contributed by atoms with Gasteiger partial charge in [-0.05, 0) is 55.5 Å².